The lowest BCUT2D eigenvalue weighted by atomic mass is 10.1. The van der Waals surface area contributed by atoms with E-state index in [2.05, 4.69) is 5.32 Å². The fourth-order valence-corrected chi connectivity index (χ4v) is 1.52. The van der Waals surface area contributed by atoms with Crippen molar-refractivity contribution >= 4 is 11.6 Å². The van der Waals surface area contributed by atoms with E-state index in [4.69, 9.17) is 10.4 Å². The Morgan fingerprint density at radius 2 is 1.94 bits per heavy atom. The first-order chi connectivity index (χ1) is 8.61. The molecule has 1 aliphatic rings. The van der Waals surface area contributed by atoms with Crippen LogP contribution >= 0.6 is 0 Å². The van der Waals surface area contributed by atoms with Gasteiger partial charge in [-0.2, -0.15) is 5.26 Å². The molecule has 1 aliphatic carbocycles. The lowest BCUT2D eigenvalue weighted by molar-refractivity contribution is -0.112. The van der Waals surface area contributed by atoms with Crippen molar-refractivity contribution in [2.45, 2.75) is 12.8 Å². The van der Waals surface area contributed by atoms with E-state index in [1.807, 2.05) is 0 Å². The highest BCUT2D eigenvalue weighted by Gasteiger charge is 2.30. The second kappa shape index (κ2) is 4.80. The number of nitrogens with zero attached hydrogens (tertiary/aromatic N) is 1. The number of rotatable bonds is 3. The second-order valence-corrected chi connectivity index (χ2v) is 4.15. The third kappa shape index (κ3) is 2.61. The van der Waals surface area contributed by atoms with Crippen molar-refractivity contribution < 1.29 is 15.0 Å². The molecular weight excluding hydrogens is 232 g/mol. The Kier molecular flexibility index (Phi) is 3.20. The zero-order chi connectivity index (χ0) is 13.1. The van der Waals surface area contributed by atoms with Gasteiger partial charge < -0.3 is 15.5 Å². The molecule has 1 saturated carbocycles. The Morgan fingerprint density at radius 1 is 1.33 bits per heavy atom. The van der Waals surface area contributed by atoms with Crippen LogP contribution in [0.4, 0.5) is 5.69 Å². The molecule has 0 aliphatic heterocycles. The van der Waals surface area contributed by atoms with Gasteiger partial charge in [-0.15, -0.1) is 0 Å². The molecule has 18 heavy (non-hydrogen) atoms. The fourth-order valence-electron chi connectivity index (χ4n) is 1.52. The highest BCUT2D eigenvalue weighted by molar-refractivity contribution is 6.07. The molecule has 0 aromatic heterocycles. The molecule has 0 spiro atoms. The van der Waals surface area contributed by atoms with E-state index in [-0.39, 0.29) is 23.0 Å². The molecule has 0 atom stereocenters. The van der Waals surface area contributed by atoms with Gasteiger partial charge in [0.15, 0.2) is 5.57 Å². The van der Waals surface area contributed by atoms with Crippen LogP contribution < -0.4 is 5.32 Å². The summed E-state index contributed by atoms with van der Waals surface area (Å²) >= 11 is 0. The summed E-state index contributed by atoms with van der Waals surface area (Å²) in [5.74, 6) is -0.725. The number of phenolic OH excluding ortho intramolecular Hbond substituents is 1. The average Bonchev–Trinajstić information content (AvgIpc) is 3.17. The smallest absolute Gasteiger partial charge is 0.269 e. The van der Waals surface area contributed by atoms with Gasteiger partial charge >= 0.3 is 0 Å². The van der Waals surface area contributed by atoms with E-state index in [9.17, 15) is 9.90 Å². The van der Waals surface area contributed by atoms with E-state index in [1.165, 1.54) is 24.3 Å². The summed E-state index contributed by atoms with van der Waals surface area (Å²) in [5, 5.41) is 30.2. The van der Waals surface area contributed by atoms with Gasteiger partial charge in [-0.05, 0) is 37.1 Å². The molecule has 3 N–H and O–H groups in total. The van der Waals surface area contributed by atoms with Crippen molar-refractivity contribution in [2.75, 3.05) is 5.32 Å². The first-order valence-electron chi connectivity index (χ1n) is 5.55. The highest BCUT2D eigenvalue weighted by Crippen LogP contribution is 2.36. The largest absolute Gasteiger partial charge is 0.510 e. The number of anilines is 1. The molecule has 0 bridgehead atoms. The maximum absolute atomic E-state index is 11.8. The first kappa shape index (κ1) is 12.0. The van der Waals surface area contributed by atoms with Gasteiger partial charge in [-0.25, -0.2) is 0 Å². The zero-order valence-corrected chi connectivity index (χ0v) is 9.55. The van der Waals surface area contributed by atoms with Crippen molar-refractivity contribution in [1.29, 1.82) is 5.26 Å². The third-order valence-corrected chi connectivity index (χ3v) is 2.68. The number of aliphatic hydroxyl groups excluding tert-OH is 1. The van der Waals surface area contributed by atoms with Gasteiger partial charge in [-0.1, -0.05) is 0 Å². The normalized spacial score (nSPS) is 15.5. The predicted molar refractivity (Wildman–Crippen MR) is 64.7 cm³/mol. The number of hydrogen-bond acceptors (Lipinski definition) is 4. The van der Waals surface area contributed by atoms with Crippen molar-refractivity contribution in [3.05, 3.63) is 35.6 Å². The standard InChI is InChI=1S/C13H12N2O3/c14-7-11(12(17)8-1-2-8)13(18)15-9-3-5-10(16)6-4-9/h3-6,8,16-17H,1-2H2,(H,15,18)/b12-11-. The lowest BCUT2D eigenvalue weighted by Crippen LogP contribution is -2.15. The van der Waals surface area contributed by atoms with Crippen molar-refractivity contribution in [2.24, 2.45) is 5.92 Å². The predicted octanol–water partition coefficient (Wildman–Crippen LogP) is 2.08. The molecule has 0 unspecified atom stereocenters. The Labute approximate surface area is 104 Å². The quantitative estimate of drug-likeness (QED) is 0.328. The fraction of sp³-hybridized carbons (Fsp3) is 0.231. The minimum absolute atomic E-state index is 0.0507. The number of aromatic hydroxyl groups is 1. The van der Waals surface area contributed by atoms with Crippen LogP contribution in [0.1, 0.15) is 12.8 Å². The van der Waals surface area contributed by atoms with Crippen LogP contribution in [0.3, 0.4) is 0 Å². The second-order valence-electron chi connectivity index (χ2n) is 4.15. The summed E-state index contributed by atoms with van der Waals surface area (Å²) in [7, 11) is 0. The topological polar surface area (TPSA) is 93.4 Å². The summed E-state index contributed by atoms with van der Waals surface area (Å²) < 4.78 is 0. The van der Waals surface area contributed by atoms with Gasteiger partial charge in [0.2, 0.25) is 0 Å². The molecule has 5 heteroatoms. The van der Waals surface area contributed by atoms with Crippen LogP contribution in [0.2, 0.25) is 0 Å². The summed E-state index contributed by atoms with van der Waals surface area (Å²) in [6, 6.07) is 7.59. The number of nitrogens with one attached hydrogen (secondary N) is 1. The van der Waals surface area contributed by atoms with Crippen LogP contribution in [0.25, 0.3) is 0 Å². The van der Waals surface area contributed by atoms with E-state index < -0.39 is 5.91 Å². The van der Waals surface area contributed by atoms with E-state index in [0.29, 0.717) is 5.69 Å². The molecule has 2 rings (SSSR count). The number of amides is 1. The van der Waals surface area contributed by atoms with Crippen LogP contribution in [0.5, 0.6) is 5.75 Å². The number of carbonyl (C=O) groups excluding carboxylic acids is 1. The lowest BCUT2D eigenvalue weighted by Gasteiger charge is -2.05. The molecule has 5 nitrogen and oxygen atoms in total. The Morgan fingerprint density at radius 3 is 2.44 bits per heavy atom. The third-order valence-electron chi connectivity index (χ3n) is 2.68. The summed E-state index contributed by atoms with van der Waals surface area (Å²) in [4.78, 5) is 11.8. The molecule has 92 valence electrons. The van der Waals surface area contributed by atoms with Crippen molar-refractivity contribution in [1.82, 2.24) is 0 Å². The number of aliphatic hydroxyl groups is 1. The Balaban J connectivity index is 2.14. The summed E-state index contributed by atoms with van der Waals surface area (Å²) in [6.45, 7) is 0. The Bertz CT molecular complexity index is 536. The number of benzene rings is 1. The Hall–Kier alpha value is -2.48. The van der Waals surface area contributed by atoms with Crippen LogP contribution in [0, 0.1) is 17.2 Å². The number of nitriles is 1. The maximum Gasteiger partial charge on any atom is 0.269 e. The summed E-state index contributed by atoms with van der Waals surface area (Å²) in [6.07, 6.45) is 1.62. The van der Waals surface area contributed by atoms with Crippen LogP contribution in [-0.4, -0.2) is 16.1 Å². The molecule has 1 aromatic rings. The number of allylic oxidation sites excluding steroid dienone is 1. The van der Waals surface area contributed by atoms with Gasteiger partial charge in [-0.3, -0.25) is 4.79 Å². The van der Waals surface area contributed by atoms with Crippen molar-refractivity contribution in [3.8, 4) is 11.8 Å². The van der Waals surface area contributed by atoms with Gasteiger partial charge in [0.25, 0.3) is 5.91 Å². The van der Waals surface area contributed by atoms with E-state index in [0.717, 1.165) is 12.8 Å². The minimum atomic E-state index is -0.632. The number of carbonyl (C=O) groups is 1. The molecule has 0 saturated heterocycles. The SMILES string of the molecule is N#C/C(C(=O)Nc1ccc(O)cc1)=C(/O)C1CC1. The summed E-state index contributed by atoms with van der Waals surface area (Å²) in [5.41, 5.74) is 0.208. The van der Waals surface area contributed by atoms with Crippen LogP contribution in [0.15, 0.2) is 35.6 Å². The molecule has 1 aromatic carbocycles. The van der Waals surface area contributed by atoms with Gasteiger partial charge in [0.1, 0.15) is 17.6 Å². The van der Waals surface area contributed by atoms with E-state index in [1.54, 1.807) is 6.07 Å². The average molecular weight is 244 g/mol. The molecule has 0 radical (unpaired) electrons. The molecule has 1 fully saturated rings. The number of phenols is 1. The highest BCUT2D eigenvalue weighted by atomic mass is 16.3. The molecule has 1 amide bonds. The number of hydrogen-bond donors (Lipinski definition) is 3. The van der Waals surface area contributed by atoms with E-state index >= 15 is 0 Å². The maximum atomic E-state index is 11.8. The minimum Gasteiger partial charge on any atom is -0.510 e. The first-order valence-corrected chi connectivity index (χ1v) is 5.55. The van der Waals surface area contributed by atoms with Gasteiger partial charge in [0, 0.05) is 11.6 Å². The van der Waals surface area contributed by atoms with Gasteiger partial charge in [0.05, 0.1) is 0 Å². The molecule has 0 heterocycles. The molecular formula is C13H12N2O3. The van der Waals surface area contributed by atoms with Crippen molar-refractivity contribution in [3.63, 3.8) is 0 Å². The zero-order valence-electron chi connectivity index (χ0n) is 9.55. The van der Waals surface area contributed by atoms with Crippen LogP contribution in [-0.2, 0) is 4.79 Å². The monoisotopic (exact) mass is 244 g/mol.